The molecule has 1 N–H and O–H groups in total. The maximum Gasteiger partial charge on any atom is 0.358 e. The topological polar surface area (TPSA) is 76.5 Å². The maximum atomic E-state index is 11.8. The van der Waals surface area contributed by atoms with Crippen molar-refractivity contribution in [2.75, 3.05) is 6.61 Å². The summed E-state index contributed by atoms with van der Waals surface area (Å²) >= 11 is 1.66. The summed E-state index contributed by atoms with van der Waals surface area (Å²) < 4.78 is 6.52. The summed E-state index contributed by atoms with van der Waals surface area (Å²) in [6.07, 6.45) is 0. The fourth-order valence-electron chi connectivity index (χ4n) is 1.98. The molecule has 2 aromatic rings. The predicted molar refractivity (Wildman–Crippen MR) is 66.8 cm³/mol. The van der Waals surface area contributed by atoms with E-state index in [9.17, 15) is 9.59 Å². The molecule has 1 aliphatic rings. The Hall–Kier alpha value is -1.76. The molecule has 7 heteroatoms. The summed E-state index contributed by atoms with van der Waals surface area (Å²) in [7, 11) is 0. The summed E-state index contributed by atoms with van der Waals surface area (Å²) in [5.41, 5.74) is 2.26. The van der Waals surface area contributed by atoms with Gasteiger partial charge in [-0.25, -0.2) is 9.31 Å². The highest BCUT2D eigenvalue weighted by Crippen LogP contribution is 2.27. The molecule has 0 saturated carbocycles. The van der Waals surface area contributed by atoms with Crippen LogP contribution in [0, 0.1) is 0 Å². The van der Waals surface area contributed by atoms with Gasteiger partial charge in [-0.2, -0.15) is 16.9 Å². The monoisotopic (exact) mass is 265 g/mol. The molecule has 6 nitrogen and oxygen atoms in total. The quantitative estimate of drug-likeness (QED) is 0.818. The first kappa shape index (κ1) is 11.3. The van der Waals surface area contributed by atoms with E-state index in [0.717, 1.165) is 17.0 Å². The van der Waals surface area contributed by atoms with Crippen LogP contribution in [0.15, 0.2) is 10.9 Å². The van der Waals surface area contributed by atoms with Gasteiger partial charge < -0.3 is 9.72 Å². The Morgan fingerprint density at radius 3 is 3.22 bits per heavy atom. The van der Waals surface area contributed by atoms with Gasteiger partial charge in [0.1, 0.15) is 5.65 Å². The summed E-state index contributed by atoms with van der Waals surface area (Å²) in [4.78, 5) is 26.1. The van der Waals surface area contributed by atoms with Crippen molar-refractivity contribution in [2.24, 2.45) is 0 Å². The van der Waals surface area contributed by atoms with Crippen molar-refractivity contribution < 1.29 is 9.53 Å². The lowest BCUT2D eigenvalue weighted by Crippen LogP contribution is -2.16. The third kappa shape index (κ3) is 1.62. The van der Waals surface area contributed by atoms with Crippen LogP contribution < -0.4 is 5.56 Å². The van der Waals surface area contributed by atoms with Crippen LogP contribution >= 0.6 is 11.8 Å². The molecule has 0 amide bonds. The smallest absolute Gasteiger partial charge is 0.358 e. The Morgan fingerprint density at radius 2 is 2.44 bits per heavy atom. The van der Waals surface area contributed by atoms with Crippen molar-refractivity contribution in [3.63, 3.8) is 0 Å². The highest BCUT2D eigenvalue weighted by molar-refractivity contribution is 7.98. The van der Waals surface area contributed by atoms with Gasteiger partial charge in [-0.05, 0) is 6.92 Å². The van der Waals surface area contributed by atoms with Gasteiger partial charge in [-0.1, -0.05) is 0 Å². The van der Waals surface area contributed by atoms with E-state index in [1.807, 2.05) is 0 Å². The van der Waals surface area contributed by atoms with Crippen LogP contribution in [0.3, 0.4) is 0 Å². The fraction of sp³-hybridized carbons (Fsp3) is 0.364. The molecule has 3 heterocycles. The fourth-order valence-corrected chi connectivity index (χ4v) is 3.07. The second-order valence-electron chi connectivity index (χ2n) is 3.92. The van der Waals surface area contributed by atoms with Crippen molar-refractivity contribution in [1.82, 2.24) is 14.6 Å². The zero-order valence-electron chi connectivity index (χ0n) is 9.73. The zero-order valence-corrected chi connectivity index (χ0v) is 10.5. The maximum absolute atomic E-state index is 11.8. The first-order valence-electron chi connectivity index (χ1n) is 5.59. The summed E-state index contributed by atoms with van der Waals surface area (Å²) in [5.74, 6) is 0.955. The number of fused-ring (bicyclic) bond motifs is 3. The van der Waals surface area contributed by atoms with Crippen molar-refractivity contribution in [3.05, 3.63) is 33.4 Å². The van der Waals surface area contributed by atoms with Crippen molar-refractivity contribution in [2.45, 2.75) is 18.4 Å². The highest BCUT2D eigenvalue weighted by atomic mass is 32.2. The molecule has 0 spiro atoms. The lowest BCUT2D eigenvalue weighted by Gasteiger charge is -2.00. The number of hydrogen-bond donors (Lipinski definition) is 1. The lowest BCUT2D eigenvalue weighted by atomic mass is 10.3. The molecule has 18 heavy (non-hydrogen) atoms. The van der Waals surface area contributed by atoms with E-state index < -0.39 is 5.97 Å². The molecular weight excluding hydrogens is 254 g/mol. The number of aromatic nitrogens is 3. The Morgan fingerprint density at radius 1 is 1.61 bits per heavy atom. The molecule has 0 aromatic carbocycles. The minimum Gasteiger partial charge on any atom is -0.461 e. The second-order valence-corrected chi connectivity index (χ2v) is 4.90. The molecule has 0 bridgehead atoms. The number of ether oxygens (including phenoxy) is 1. The first-order chi connectivity index (χ1) is 8.70. The Bertz CT molecular complexity index is 689. The van der Waals surface area contributed by atoms with Gasteiger partial charge in [0.15, 0.2) is 5.69 Å². The van der Waals surface area contributed by atoms with Crippen LogP contribution in [0.1, 0.15) is 28.7 Å². The van der Waals surface area contributed by atoms with Crippen LogP contribution in [0.4, 0.5) is 0 Å². The Labute approximate surface area is 106 Å². The Balaban J connectivity index is 2.18. The SMILES string of the molecule is CCOC(=O)c1cc2[nH]c(=O)c3c(n2n1)CSC3. The number of carbonyl (C=O) groups is 1. The lowest BCUT2D eigenvalue weighted by molar-refractivity contribution is 0.0519. The van der Waals surface area contributed by atoms with Gasteiger partial charge in [-0.3, -0.25) is 4.79 Å². The first-order valence-corrected chi connectivity index (χ1v) is 6.75. The third-order valence-electron chi connectivity index (χ3n) is 2.80. The normalized spacial score (nSPS) is 13.8. The standard InChI is InChI=1S/C11H11N3O3S/c1-2-17-11(16)7-3-9-12-10(15)6-4-18-5-8(6)14(9)13-7/h3H,2,4-5H2,1H3,(H,12,15). The number of hydrogen-bond acceptors (Lipinski definition) is 5. The minimum absolute atomic E-state index is 0.0993. The number of nitrogens with zero attached hydrogens (tertiary/aromatic N) is 2. The van der Waals surface area contributed by atoms with E-state index in [1.165, 1.54) is 0 Å². The summed E-state index contributed by atoms with van der Waals surface area (Å²) in [5, 5.41) is 4.20. The minimum atomic E-state index is -0.471. The van der Waals surface area contributed by atoms with E-state index in [-0.39, 0.29) is 11.3 Å². The number of H-pyrrole nitrogens is 1. The largest absolute Gasteiger partial charge is 0.461 e. The molecule has 0 saturated heterocycles. The molecule has 0 fully saturated rings. The molecule has 3 rings (SSSR count). The van der Waals surface area contributed by atoms with Crippen LogP contribution in [0.25, 0.3) is 5.65 Å². The van der Waals surface area contributed by atoms with Crippen LogP contribution in [0.5, 0.6) is 0 Å². The molecule has 2 aromatic heterocycles. The van der Waals surface area contributed by atoms with Crippen LogP contribution in [-0.4, -0.2) is 27.2 Å². The molecular formula is C11H11N3O3S. The van der Waals surface area contributed by atoms with E-state index in [0.29, 0.717) is 18.0 Å². The number of rotatable bonds is 2. The van der Waals surface area contributed by atoms with Gasteiger partial charge in [-0.15, -0.1) is 0 Å². The molecule has 0 unspecified atom stereocenters. The molecule has 0 atom stereocenters. The van der Waals surface area contributed by atoms with E-state index >= 15 is 0 Å². The van der Waals surface area contributed by atoms with Gasteiger partial charge in [0.05, 0.1) is 12.3 Å². The molecule has 94 valence electrons. The zero-order chi connectivity index (χ0) is 12.7. The average molecular weight is 265 g/mol. The number of carbonyl (C=O) groups excluding carboxylic acids is 1. The van der Waals surface area contributed by atoms with Crippen molar-refractivity contribution >= 4 is 23.4 Å². The van der Waals surface area contributed by atoms with Crippen LogP contribution in [-0.2, 0) is 16.2 Å². The summed E-state index contributed by atoms with van der Waals surface area (Å²) in [6, 6.07) is 1.54. The third-order valence-corrected chi connectivity index (χ3v) is 3.77. The number of thioether (sulfide) groups is 1. The van der Waals surface area contributed by atoms with Crippen molar-refractivity contribution in [3.8, 4) is 0 Å². The van der Waals surface area contributed by atoms with Gasteiger partial charge >= 0.3 is 5.97 Å². The molecule has 1 aliphatic heterocycles. The van der Waals surface area contributed by atoms with E-state index in [2.05, 4.69) is 10.1 Å². The van der Waals surface area contributed by atoms with Gasteiger partial charge in [0, 0.05) is 23.1 Å². The molecule has 0 radical (unpaired) electrons. The number of nitrogens with one attached hydrogen (secondary N) is 1. The highest BCUT2D eigenvalue weighted by Gasteiger charge is 2.21. The van der Waals surface area contributed by atoms with E-state index in [1.54, 1.807) is 29.3 Å². The summed E-state index contributed by atoms with van der Waals surface area (Å²) in [6.45, 7) is 2.04. The van der Waals surface area contributed by atoms with Crippen molar-refractivity contribution in [1.29, 1.82) is 0 Å². The molecule has 0 aliphatic carbocycles. The van der Waals surface area contributed by atoms with E-state index in [4.69, 9.17) is 4.74 Å². The Kier molecular flexibility index (Phi) is 2.62. The predicted octanol–water partition coefficient (Wildman–Crippen LogP) is 0.946. The number of esters is 1. The van der Waals surface area contributed by atoms with Crippen LogP contribution in [0.2, 0.25) is 0 Å². The second kappa shape index (κ2) is 4.16. The average Bonchev–Trinajstić information content (AvgIpc) is 2.93. The number of aromatic amines is 1. The van der Waals surface area contributed by atoms with Gasteiger partial charge in [0.25, 0.3) is 5.56 Å². The van der Waals surface area contributed by atoms with Gasteiger partial charge in [0.2, 0.25) is 0 Å².